The summed E-state index contributed by atoms with van der Waals surface area (Å²) in [5.41, 5.74) is 5.09. The van der Waals surface area contributed by atoms with Gasteiger partial charge in [-0.25, -0.2) is 14.4 Å². The van der Waals surface area contributed by atoms with E-state index in [9.17, 15) is 19.2 Å². The molecule has 0 unspecified atom stereocenters. The quantitative estimate of drug-likeness (QED) is 0.628. The molecule has 4 rings (SSSR count). The van der Waals surface area contributed by atoms with Gasteiger partial charge in [0.1, 0.15) is 23.5 Å². The Labute approximate surface area is 190 Å². The largest absolute Gasteiger partial charge is 0.347 e. The molecule has 1 heterocycles. The molecular formula is C25H22FN5O2. The molecule has 0 aliphatic heterocycles. The van der Waals surface area contributed by atoms with Gasteiger partial charge in [-0.05, 0) is 66.6 Å². The van der Waals surface area contributed by atoms with Gasteiger partial charge in [-0.2, -0.15) is 5.26 Å². The number of aromatic nitrogens is 2. The van der Waals surface area contributed by atoms with Gasteiger partial charge in [-0.1, -0.05) is 18.2 Å². The highest BCUT2D eigenvalue weighted by molar-refractivity contribution is 5.97. The van der Waals surface area contributed by atoms with E-state index >= 15 is 0 Å². The van der Waals surface area contributed by atoms with Crippen LogP contribution in [0.5, 0.6) is 0 Å². The van der Waals surface area contributed by atoms with Crippen LogP contribution in [-0.4, -0.2) is 21.8 Å². The minimum Gasteiger partial charge on any atom is -0.347 e. The minimum absolute atomic E-state index is 0.0651. The molecule has 0 saturated heterocycles. The molecule has 7 nitrogen and oxygen atoms in total. The number of nitriles is 1. The van der Waals surface area contributed by atoms with Gasteiger partial charge in [0.2, 0.25) is 0 Å². The summed E-state index contributed by atoms with van der Waals surface area (Å²) in [5, 5.41) is 14.9. The van der Waals surface area contributed by atoms with Crippen molar-refractivity contribution in [3.63, 3.8) is 0 Å². The van der Waals surface area contributed by atoms with Crippen molar-refractivity contribution < 1.29 is 14.0 Å². The van der Waals surface area contributed by atoms with Crippen LogP contribution in [0.1, 0.15) is 66.8 Å². The van der Waals surface area contributed by atoms with Crippen LogP contribution in [0.25, 0.3) is 0 Å². The van der Waals surface area contributed by atoms with Crippen molar-refractivity contribution in [2.45, 2.75) is 39.3 Å². The first-order valence-corrected chi connectivity index (χ1v) is 10.6. The van der Waals surface area contributed by atoms with E-state index in [1.807, 2.05) is 13.0 Å². The molecule has 0 radical (unpaired) electrons. The summed E-state index contributed by atoms with van der Waals surface area (Å²) in [6.07, 6.45) is 2.69. The molecule has 1 aromatic heterocycles. The predicted octanol–water partition coefficient (Wildman–Crippen LogP) is 3.45. The molecule has 0 spiro atoms. The van der Waals surface area contributed by atoms with E-state index in [0.29, 0.717) is 11.1 Å². The number of carbonyl (C=O) groups is 2. The van der Waals surface area contributed by atoms with E-state index < -0.39 is 11.8 Å². The van der Waals surface area contributed by atoms with Gasteiger partial charge in [-0.3, -0.25) is 9.59 Å². The van der Waals surface area contributed by atoms with E-state index in [2.05, 4.69) is 26.7 Å². The standard InChI is InChI=1S/C25H22FN5O2/c1-14-9-16(3-7-20(14)26)12-28-24(32)22-10-23(30-13-29-22)25(33)31-21-8-6-18-15(2)17(11-27)4-5-19(18)21/h3-5,7,9-10,13,21H,6,8,12H2,1-2H3,(H,28,32)(H,31,33)/t21-/m0/s1. The summed E-state index contributed by atoms with van der Waals surface area (Å²) in [6.45, 7) is 3.78. The molecule has 1 aliphatic rings. The summed E-state index contributed by atoms with van der Waals surface area (Å²) in [6, 6.07) is 11.6. The maximum Gasteiger partial charge on any atom is 0.270 e. The van der Waals surface area contributed by atoms with E-state index in [1.54, 1.807) is 25.1 Å². The number of halogens is 1. The van der Waals surface area contributed by atoms with E-state index in [0.717, 1.165) is 35.1 Å². The molecule has 2 amide bonds. The molecule has 2 aromatic carbocycles. The third-order valence-electron chi connectivity index (χ3n) is 5.93. The van der Waals surface area contributed by atoms with Crippen LogP contribution in [0.4, 0.5) is 4.39 Å². The molecule has 1 aliphatic carbocycles. The van der Waals surface area contributed by atoms with Crippen LogP contribution in [0.15, 0.2) is 42.7 Å². The molecular weight excluding hydrogens is 421 g/mol. The second-order valence-electron chi connectivity index (χ2n) is 8.04. The summed E-state index contributed by atoms with van der Waals surface area (Å²) >= 11 is 0. The summed E-state index contributed by atoms with van der Waals surface area (Å²) < 4.78 is 13.4. The fourth-order valence-electron chi connectivity index (χ4n) is 4.08. The fraction of sp³-hybridized carbons (Fsp3) is 0.240. The number of rotatable bonds is 5. The number of nitrogens with one attached hydrogen (secondary N) is 2. The number of fused-ring (bicyclic) bond motifs is 1. The Morgan fingerprint density at radius 1 is 1.12 bits per heavy atom. The van der Waals surface area contributed by atoms with E-state index in [-0.39, 0.29) is 29.8 Å². The van der Waals surface area contributed by atoms with Gasteiger partial charge in [0.15, 0.2) is 0 Å². The number of benzene rings is 2. The highest BCUT2D eigenvalue weighted by Gasteiger charge is 2.27. The van der Waals surface area contributed by atoms with E-state index in [4.69, 9.17) is 0 Å². The first-order valence-electron chi connectivity index (χ1n) is 10.6. The Hall–Kier alpha value is -4.12. The zero-order valence-corrected chi connectivity index (χ0v) is 18.3. The molecule has 1 atom stereocenters. The van der Waals surface area contributed by atoms with Gasteiger partial charge in [0, 0.05) is 12.6 Å². The topological polar surface area (TPSA) is 108 Å². The summed E-state index contributed by atoms with van der Waals surface area (Å²) in [7, 11) is 0. The molecule has 8 heteroatoms. The van der Waals surface area contributed by atoms with Crippen molar-refractivity contribution in [1.82, 2.24) is 20.6 Å². The van der Waals surface area contributed by atoms with Gasteiger partial charge in [-0.15, -0.1) is 0 Å². The summed E-state index contributed by atoms with van der Waals surface area (Å²) in [4.78, 5) is 33.3. The first-order chi connectivity index (χ1) is 15.9. The van der Waals surface area contributed by atoms with E-state index in [1.165, 1.54) is 18.5 Å². The van der Waals surface area contributed by atoms with Crippen LogP contribution < -0.4 is 10.6 Å². The molecule has 166 valence electrons. The zero-order chi connectivity index (χ0) is 23.5. The maximum atomic E-state index is 13.4. The number of aryl methyl sites for hydroxylation is 1. The smallest absolute Gasteiger partial charge is 0.270 e. The highest BCUT2D eigenvalue weighted by Crippen LogP contribution is 2.34. The van der Waals surface area contributed by atoms with Crippen molar-refractivity contribution in [1.29, 1.82) is 5.26 Å². The molecule has 0 bridgehead atoms. The Bertz CT molecular complexity index is 1300. The normalized spacial score (nSPS) is 14.3. The number of carbonyl (C=O) groups excluding carboxylic acids is 2. The maximum absolute atomic E-state index is 13.4. The Morgan fingerprint density at radius 2 is 1.88 bits per heavy atom. The van der Waals surface area contributed by atoms with Crippen molar-refractivity contribution >= 4 is 11.8 Å². The van der Waals surface area contributed by atoms with Crippen LogP contribution in [-0.2, 0) is 13.0 Å². The van der Waals surface area contributed by atoms with Gasteiger partial charge >= 0.3 is 0 Å². The lowest BCUT2D eigenvalue weighted by atomic mass is 9.98. The average molecular weight is 443 g/mol. The minimum atomic E-state index is -0.459. The van der Waals surface area contributed by atoms with Gasteiger partial charge < -0.3 is 10.6 Å². The van der Waals surface area contributed by atoms with Crippen LogP contribution >= 0.6 is 0 Å². The van der Waals surface area contributed by atoms with Crippen molar-refractivity contribution in [2.75, 3.05) is 0 Å². The Morgan fingerprint density at radius 3 is 2.61 bits per heavy atom. The SMILES string of the molecule is Cc1cc(CNC(=O)c2cc(C(=O)N[C@H]3CCc4c3ccc(C#N)c4C)ncn2)ccc1F. The third kappa shape index (κ3) is 4.58. The lowest BCUT2D eigenvalue weighted by Gasteiger charge is -2.15. The molecule has 33 heavy (non-hydrogen) atoms. The zero-order valence-electron chi connectivity index (χ0n) is 18.3. The summed E-state index contributed by atoms with van der Waals surface area (Å²) in [5.74, 6) is -1.16. The van der Waals surface area contributed by atoms with Gasteiger partial charge in [0.25, 0.3) is 11.8 Å². The predicted molar refractivity (Wildman–Crippen MR) is 119 cm³/mol. The van der Waals surface area contributed by atoms with Crippen LogP contribution in [0.2, 0.25) is 0 Å². The lowest BCUT2D eigenvalue weighted by Crippen LogP contribution is -2.29. The van der Waals surface area contributed by atoms with Crippen molar-refractivity contribution in [3.05, 3.63) is 93.3 Å². The Kier molecular flexibility index (Phi) is 6.13. The molecule has 3 aromatic rings. The number of amides is 2. The number of hydrogen-bond donors (Lipinski definition) is 2. The fourth-order valence-corrected chi connectivity index (χ4v) is 4.08. The monoisotopic (exact) mass is 443 g/mol. The van der Waals surface area contributed by atoms with Crippen LogP contribution in [0, 0.1) is 31.0 Å². The first kappa shape index (κ1) is 22.1. The number of nitrogens with zero attached hydrogens (tertiary/aromatic N) is 3. The number of hydrogen-bond acceptors (Lipinski definition) is 5. The third-order valence-corrected chi connectivity index (χ3v) is 5.93. The second-order valence-corrected chi connectivity index (χ2v) is 8.04. The highest BCUT2D eigenvalue weighted by atomic mass is 19.1. The Balaban J connectivity index is 1.43. The van der Waals surface area contributed by atoms with Crippen molar-refractivity contribution in [2.24, 2.45) is 0 Å². The second kappa shape index (κ2) is 9.17. The molecule has 2 N–H and O–H groups in total. The molecule has 0 fully saturated rings. The van der Waals surface area contributed by atoms with Gasteiger partial charge in [0.05, 0.1) is 17.7 Å². The van der Waals surface area contributed by atoms with Crippen molar-refractivity contribution in [3.8, 4) is 6.07 Å². The molecule has 0 saturated carbocycles. The average Bonchev–Trinajstić information content (AvgIpc) is 3.23. The van der Waals surface area contributed by atoms with Crippen LogP contribution in [0.3, 0.4) is 0 Å². The lowest BCUT2D eigenvalue weighted by molar-refractivity contribution is 0.0931.